The fourth-order valence-electron chi connectivity index (χ4n) is 3.21. The largest absolute Gasteiger partial charge is 0.507 e. The zero-order valence-corrected chi connectivity index (χ0v) is 20.6. The van der Waals surface area contributed by atoms with Gasteiger partial charge in [0.1, 0.15) is 5.75 Å². The molecule has 0 spiro atoms. The van der Waals surface area contributed by atoms with Gasteiger partial charge in [-0.15, -0.1) is 11.3 Å². The van der Waals surface area contributed by atoms with Crippen LogP contribution < -0.4 is 5.32 Å². The summed E-state index contributed by atoms with van der Waals surface area (Å²) in [6, 6.07) is 17.1. The molecular weight excluding hydrogens is 484 g/mol. The Labute approximate surface area is 209 Å². The molecule has 178 valence electrons. The van der Waals surface area contributed by atoms with Crippen molar-refractivity contribution in [3.05, 3.63) is 81.9 Å². The second-order valence-electron chi connectivity index (χ2n) is 8.00. The predicted octanol–water partition coefficient (Wildman–Crippen LogP) is 6.51. The van der Waals surface area contributed by atoms with Crippen LogP contribution in [0.5, 0.6) is 5.75 Å². The summed E-state index contributed by atoms with van der Waals surface area (Å²) < 4.78 is 1.66. The van der Waals surface area contributed by atoms with Gasteiger partial charge in [0.15, 0.2) is 4.34 Å². The lowest BCUT2D eigenvalue weighted by Crippen LogP contribution is -2.13. The zero-order chi connectivity index (χ0) is 24.9. The van der Waals surface area contributed by atoms with Crippen LogP contribution in [-0.4, -0.2) is 32.9 Å². The fraction of sp³-hybridized carbons (Fsp3) is 0.160. The van der Waals surface area contributed by atoms with E-state index in [1.54, 1.807) is 6.07 Å². The number of nitro benzene ring substituents is 1. The minimum Gasteiger partial charge on any atom is -0.507 e. The summed E-state index contributed by atoms with van der Waals surface area (Å²) in [6.07, 6.45) is 1.39. The molecule has 3 aromatic carbocycles. The predicted molar refractivity (Wildman–Crippen MR) is 142 cm³/mol. The number of phenols is 1. The van der Waals surface area contributed by atoms with E-state index in [-0.39, 0.29) is 28.7 Å². The summed E-state index contributed by atoms with van der Waals surface area (Å²) in [5, 5.41) is 23.8. The SMILES string of the molecule is CC(C)c1ccc(NC(=O)CSc2nc3ccc(N=Cc4cc([N+](=O)[O-])ccc4O)cc3s2)cc1. The van der Waals surface area contributed by atoms with Gasteiger partial charge in [-0.2, -0.15) is 0 Å². The molecule has 0 atom stereocenters. The summed E-state index contributed by atoms with van der Waals surface area (Å²) in [5.74, 6) is 0.482. The summed E-state index contributed by atoms with van der Waals surface area (Å²) in [6.45, 7) is 4.25. The van der Waals surface area contributed by atoms with E-state index in [0.29, 0.717) is 11.6 Å². The molecule has 35 heavy (non-hydrogen) atoms. The molecular formula is C25H22N4O4S2. The topological polar surface area (TPSA) is 118 Å². The number of nitrogens with zero attached hydrogens (tertiary/aromatic N) is 3. The molecule has 0 aliphatic rings. The lowest BCUT2D eigenvalue weighted by Gasteiger charge is -2.08. The molecule has 0 fully saturated rings. The lowest BCUT2D eigenvalue weighted by atomic mass is 10.0. The summed E-state index contributed by atoms with van der Waals surface area (Å²) >= 11 is 2.82. The normalized spacial score (nSPS) is 11.4. The van der Waals surface area contributed by atoms with Crippen LogP contribution in [0, 0.1) is 10.1 Å². The summed E-state index contributed by atoms with van der Waals surface area (Å²) in [7, 11) is 0. The summed E-state index contributed by atoms with van der Waals surface area (Å²) in [5.41, 5.74) is 3.52. The van der Waals surface area contributed by atoms with E-state index in [2.05, 4.69) is 29.1 Å². The number of thiazole rings is 1. The Morgan fingerprint density at radius 2 is 1.97 bits per heavy atom. The monoisotopic (exact) mass is 506 g/mol. The number of rotatable bonds is 8. The molecule has 1 aromatic heterocycles. The smallest absolute Gasteiger partial charge is 0.270 e. The first-order chi connectivity index (χ1) is 16.8. The number of amides is 1. The molecule has 0 unspecified atom stereocenters. The number of anilines is 1. The maximum absolute atomic E-state index is 12.4. The third-order valence-corrected chi connectivity index (χ3v) is 7.28. The number of thioether (sulfide) groups is 1. The third kappa shape index (κ3) is 6.23. The van der Waals surface area contributed by atoms with Crippen LogP contribution in [0.1, 0.15) is 30.9 Å². The minimum atomic E-state index is -0.526. The Hall–Kier alpha value is -3.76. The highest BCUT2D eigenvalue weighted by atomic mass is 32.2. The Morgan fingerprint density at radius 3 is 2.69 bits per heavy atom. The highest BCUT2D eigenvalue weighted by molar-refractivity contribution is 8.01. The van der Waals surface area contributed by atoms with E-state index in [1.165, 1.54) is 53.1 Å². The average molecular weight is 507 g/mol. The van der Waals surface area contributed by atoms with Gasteiger partial charge in [0.05, 0.1) is 26.6 Å². The number of benzene rings is 3. The Kier molecular flexibility index (Phi) is 7.42. The maximum Gasteiger partial charge on any atom is 0.270 e. The number of nitrogens with one attached hydrogen (secondary N) is 1. The Bertz CT molecular complexity index is 1420. The number of nitro groups is 1. The molecule has 0 aliphatic heterocycles. The van der Waals surface area contributed by atoms with Crippen molar-refractivity contribution in [1.82, 2.24) is 4.98 Å². The molecule has 0 aliphatic carbocycles. The Balaban J connectivity index is 1.40. The van der Waals surface area contributed by atoms with Crippen molar-refractivity contribution in [2.75, 3.05) is 11.1 Å². The highest BCUT2D eigenvalue weighted by Gasteiger charge is 2.11. The van der Waals surface area contributed by atoms with Crippen molar-refractivity contribution < 1.29 is 14.8 Å². The molecule has 4 rings (SSSR count). The van der Waals surface area contributed by atoms with Gasteiger partial charge in [0, 0.05) is 29.6 Å². The third-order valence-electron chi connectivity index (χ3n) is 5.11. The number of phenolic OH excluding ortho intramolecular Hbond substituents is 1. The van der Waals surface area contributed by atoms with Gasteiger partial charge >= 0.3 is 0 Å². The molecule has 1 amide bonds. The van der Waals surface area contributed by atoms with Crippen LogP contribution in [0.2, 0.25) is 0 Å². The first-order valence-corrected chi connectivity index (χ1v) is 12.5. The second-order valence-corrected chi connectivity index (χ2v) is 10.3. The van der Waals surface area contributed by atoms with Crippen molar-refractivity contribution in [3.8, 4) is 5.75 Å². The van der Waals surface area contributed by atoms with E-state index in [4.69, 9.17) is 0 Å². The van der Waals surface area contributed by atoms with Crippen LogP contribution >= 0.6 is 23.1 Å². The van der Waals surface area contributed by atoms with Gasteiger partial charge in [-0.3, -0.25) is 19.9 Å². The maximum atomic E-state index is 12.4. The zero-order valence-electron chi connectivity index (χ0n) is 19.0. The molecule has 10 heteroatoms. The van der Waals surface area contributed by atoms with Crippen LogP contribution in [0.4, 0.5) is 17.1 Å². The number of hydrogen-bond donors (Lipinski definition) is 2. The molecule has 8 nitrogen and oxygen atoms in total. The van der Waals surface area contributed by atoms with Crippen molar-refractivity contribution in [2.45, 2.75) is 24.1 Å². The number of carbonyl (C=O) groups is 1. The van der Waals surface area contributed by atoms with Crippen molar-refractivity contribution in [3.63, 3.8) is 0 Å². The molecule has 0 saturated carbocycles. The van der Waals surface area contributed by atoms with E-state index < -0.39 is 4.92 Å². The second kappa shape index (κ2) is 10.7. The van der Waals surface area contributed by atoms with Crippen molar-refractivity contribution in [1.29, 1.82) is 0 Å². The van der Waals surface area contributed by atoms with Crippen molar-refractivity contribution >= 4 is 62.5 Å². The van der Waals surface area contributed by atoms with E-state index >= 15 is 0 Å². The van der Waals surface area contributed by atoms with Crippen LogP contribution in [-0.2, 0) is 4.79 Å². The number of aliphatic imine (C=N–C) groups is 1. The first kappa shape index (κ1) is 24.4. The quantitative estimate of drug-likeness (QED) is 0.122. The fourth-order valence-corrected chi connectivity index (χ4v) is 5.11. The van der Waals surface area contributed by atoms with E-state index in [9.17, 15) is 20.0 Å². The number of hydrogen-bond acceptors (Lipinski definition) is 8. The van der Waals surface area contributed by atoms with Crippen LogP contribution in [0.25, 0.3) is 10.2 Å². The minimum absolute atomic E-state index is 0.0916. The van der Waals surface area contributed by atoms with Gasteiger partial charge in [-0.25, -0.2) is 4.98 Å². The standard InChI is InChI=1S/C25H22N4O4S2/c1-15(2)16-3-5-18(6-4-16)27-24(31)14-34-25-28-21-9-7-19(12-23(21)35-25)26-13-17-11-20(29(32)33)8-10-22(17)30/h3-13,15,30H,14H2,1-2H3,(H,27,31). The molecule has 2 N–H and O–H groups in total. The van der Waals surface area contributed by atoms with Gasteiger partial charge in [0.2, 0.25) is 5.91 Å². The molecule has 1 heterocycles. The number of fused-ring (bicyclic) bond motifs is 1. The number of aromatic nitrogens is 1. The average Bonchev–Trinajstić information content (AvgIpc) is 3.24. The molecule has 0 saturated heterocycles. The number of carbonyl (C=O) groups excluding carboxylic acids is 1. The van der Waals surface area contributed by atoms with Gasteiger partial charge in [-0.1, -0.05) is 37.7 Å². The van der Waals surface area contributed by atoms with Crippen molar-refractivity contribution in [2.24, 2.45) is 4.99 Å². The molecule has 0 radical (unpaired) electrons. The first-order valence-electron chi connectivity index (χ1n) is 10.7. The highest BCUT2D eigenvalue weighted by Crippen LogP contribution is 2.32. The summed E-state index contributed by atoms with van der Waals surface area (Å²) in [4.78, 5) is 31.7. The van der Waals surface area contributed by atoms with E-state index in [0.717, 1.165) is 20.2 Å². The van der Waals surface area contributed by atoms with Gasteiger partial charge in [0.25, 0.3) is 5.69 Å². The van der Waals surface area contributed by atoms with Crippen LogP contribution in [0.15, 0.2) is 70.0 Å². The molecule has 0 bridgehead atoms. The van der Waals surface area contributed by atoms with E-state index in [1.807, 2.05) is 36.4 Å². The number of non-ortho nitro benzene ring substituents is 1. The molecule has 4 aromatic rings. The Morgan fingerprint density at radius 1 is 1.20 bits per heavy atom. The lowest BCUT2D eigenvalue weighted by molar-refractivity contribution is -0.384. The van der Waals surface area contributed by atoms with Gasteiger partial charge in [-0.05, 0) is 47.9 Å². The van der Waals surface area contributed by atoms with Gasteiger partial charge < -0.3 is 10.4 Å². The number of aromatic hydroxyl groups is 1. The van der Waals surface area contributed by atoms with Crippen LogP contribution in [0.3, 0.4) is 0 Å².